The molecule has 1 aromatic heterocycles. The zero-order valence-corrected chi connectivity index (χ0v) is 17.8. The predicted octanol–water partition coefficient (Wildman–Crippen LogP) is 8.67. The lowest BCUT2D eigenvalue weighted by Gasteiger charge is -2.15. The van der Waals surface area contributed by atoms with E-state index in [1.807, 2.05) is 23.1 Å². The average molecular weight is 409 g/mol. The van der Waals surface area contributed by atoms with Crippen molar-refractivity contribution in [2.45, 2.75) is 23.0 Å². The molecule has 0 saturated heterocycles. The molecule has 0 aliphatic carbocycles. The van der Waals surface area contributed by atoms with Crippen LogP contribution in [0.4, 0.5) is 0 Å². The maximum absolute atomic E-state index is 2.37. The van der Waals surface area contributed by atoms with Gasteiger partial charge < -0.3 is 0 Å². The van der Waals surface area contributed by atoms with Gasteiger partial charge in [-0.3, -0.25) is 0 Å². The van der Waals surface area contributed by atoms with E-state index in [4.69, 9.17) is 0 Å². The van der Waals surface area contributed by atoms with Crippen LogP contribution in [0.25, 0.3) is 31.3 Å². The first-order valence-corrected chi connectivity index (χ1v) is 11.8. The molecule has 0 nitrogen and oxygen atoms in total. The van der Waals surface area contributed by atoms with Gasteiger partial charge in [-0.05, 0) is 39.4 Å². The molecule has 0 fully saturated rings. The van der Waals surface area contributed by atoms with E-state index < -0.39 is 0 Å². The zero-order valence-electron chi connectivity index (χ0n) is 16.1. The van der Waals surface area contributed by atoms with Crippen molar-refractivity contribution in [2.75, 3.05) is 0 Å². The van der Waals surface area contributed by atoms with Crippen molar-refractivity contribution < 1.29 is 0 Å². The maximum atomic E-state index is 2.37. The largest absolute Gasteiger partial charge is 0.135 e. The molecule has 1 aliphatic rings. The number of hydrogen-bond acceptors (Lipinski definition) is 2. The SMILES string of the molecule is CC1c2ccc3c(ccc4cc(-c5ccccc5)sc43)c2SC1c1ccccc1. The van der Waals surface area contributed by atoms with Crippen LogP contribution >= 0.6 is 23.1 Å². The summed E-state index contributed by atoms with van der Waals surface area (Å²) in [6, 6.07) is 33.4. The molecule has 140 valence electrons. The summed E-state index contributed by atoms with van der Waals surface area (Å²) in [4.78, 5) is 2.82. The Morgan fingerprint density at radius 2 is 1.45 bits per heavy atom. The van der Waals surface area contributed by atoms with Gasteiger partial charge in [-0.15, -0.1) is 23.1 Å². The molecule has 0 bridgehead atoms. The van der Waals surface area contributed by atoms with E-state index >= 15 is 0 Å². The quantitative estimate of drug-likeness (QED) is 0.281. The van der Waals surface area contributed by atoms with Gasteiger partial charge in [0.25, 0.3) is 0 Å². The Hall–Kier alpha value is -2.55. The van der Waals surface area contributed by atoms with E-state index in [1.54, 1.807) is 0 Å². The van der Waals surface area contributed by atoms with E-state index in [-0.39, 0.29) is 0 Å². The molecular formula is C27H20S2. The zero-order chi connectivity index (χ0) is 19.4. The van der Waals surface area contributed by atoms with Crippen LogP contribution in [-0.4, -0.2) is 0 Å². The minimum atomic E-state index is 0.496. The van der Waals surface area contributed by atoms with Gasteiger partial charge in [-0.1, -0.05) is 91.9 Å². The third-order valence-corrected chi connectivity index (χ3v) is 8.90. The summed E-state index contributed by atoms with van der Waals surface area (Å²) in [6.45, 7) is 2.37. The van der Waals surface area contributed by atoms with Gasteiger partial charge in [-0.2, -0.15) is 0 Å². The lowest BCUT2D eigenvalue weighted by atomic mass is 9.92. The number of hydrogen-bond donors (Lipinski definition) is 0. The van der Waals surface area contributed by atoms with Crippen LogP contribution in [0.15, 0.2) is 95.9 Å². The number of thioether (sulfide) groups is 1. The first-order chi connectivity index (χ1) is 14.3. The minimum Gasteiger partial charge on any atom is -0.135 e. The summed E-state index contributed by atoms with van der Waals surface area (Å²) in [6.07, 6.45) is 0. The van der Waals surface area contributed by atoms with Crippen molar-refractivity contribution in [3.63, 3.8) is 0 Å². The number of rotatable bonds is 2. The summed E-state index contributed by atoms with van der Waals surface area (Å²) in [5.74, 6) is 0.528. The molecular weight excluding hydrogens is 388 g/mol. The summed E-state index contributed by atoms with van der Waals surface area (Å²) in [5, 5.41) is 4.64. The fourth-order valence-corrected chi connectivity index (χ4v) is 7.30. The Morgan fingerprint density at radius 3 is 2.24 bits per heavy atom. The highest BCUT2D eigenvalue weighted by atomic mass is 32.2. The van der Waals surface area contributed by atoms with Crippen molar-refractivity contribution in [2.24, 2.45) is 0 Å². The molecule has 2 heterocycles. The minimum absolute atomic E-state index is 0.496. The van der Waals surface area contributed by atoms with Gasteiger partial charge in [0.05, 0.1) is 0 Å². The first-order valence-electron chi connectivity index (χ1n) is 10.1. The van der Waals surface area contributed by atoms with Crippen LogP contribution in [0.3, 0.4) is 0 Å². The smallest absolute Gasteiger partial charge is 0.0428 e. The second-order valence-corrected chi connectivity index (χ2v) is 9.98. The third-order valence-electron chi connectivity index (χ3n) is 6.04. The van der Waals surface area contributed by atoms with Gasteiger partial charge >= 0.3 is 0 Å². The Morgan fingerprint density at radius 1 is 0.724 bits per heavy atom. The second-order valence-electron chi connectivity index (χ2n) is 7.78. The summed E-state index contributed by atoms with van der Waals surface area (Å²) in [5.41, 5.74) is 4.23. The van der Waals surface area contributed by atoms with Crippen molar-refractivity contribution in [3.8, 4) is 10.4 Å². The summed E-state index contributed by atoms with van der Waals surface area (Å²) >= 11 is 3.96. The van der Waals surface area contributed by atoms with E-state index in [0.717, 1.165) is 0 Å². The van der Waals surface area contributed by atoms with Gasteiger partial charge in [0, 0.05) is 25.1 Å². The van der Waals surface area contributed by atoms with Crippen LogP contribution in [0.2, 0.25) is 0 Å². The fourth-order valence-electron chi connectivity index (χ4n) is 4.52. The van der Waals surface area contributed by atoms with Crippen LogP contribution in [0, 0.1) is 0 Å². The summed E-state index contributed by atoms with van der Waals surface area (Å²) in [7, 11) is 0. The lowest BCUT2D eigenvalue weighted by Crippen LogP contribution is -1.98. The Labute approximate surface area is 179 Å². The molecule has 0 saturated carbocycles. The molecule has 0 radical (unpaired) electrons. The highest BCUT2D eigenvalue weighted by Crippen LogP contribution is 2.56. The number of benzene rings is 4. The van der Waals surface area contributed by atoms with Crippen LogP contribution in [0.1, 0.15) is 29.2 Å². The number of thiophene rings is 1. The highest BCUT2D eigenvalue weighted by molar-refractivity contribution is 8.00. The van der Waals surface area contributed by atoms with Crippen molar-refractivity contribution in [1.82, 2.24) is 0 Å². The molecule has 4 aromatic carbocycles. The van der Waals surface area contributed by atoms with Crippen LogP contribution < -0.4 is 0 Å². The van der Waals surface area contributed by atoms with Crippen LogP contribution in [-0.2, 0) is 0 Å². The van der Waals surface area contributed by atoms with Gasteiger partial charge in [0.1, 0.15) is 0 Å². The van der Waals surface area contributed by atoms with E-state index in [0.29, 0.717) is 11.2 Å². The van der Waals surface area contributed by atoms with Gasteiger partial charge in [0.2, 0.25) is 0 Å². The fraction of sp³-hybridized carbons (Fsp3) is 0.111. The van der Waals surface area contributed by atoms with Gasteiger partial charge in [0.15, 0.2) is 0 Å². The van der Waals surface area contributed by atoms with Crippen molar-refractivity contribution >= 4 is 44.0 Å². The van der Waals surface area contributed by atoms with Crippen molar-refractivity contribution in [1.29, 1.82) is 0 Å². The molecule has 0 amide bonds. The topological polar surface area (TPSA) is 0 Å². The highest BCUT2D eigenvalue weighted by Gasteiger charge is 2.32. The predicted molar refractivity (Wildman–Crippen MR) is 128 cm³/mol. The molecule has 0 N–H and O–H groups in total. The molecule has 2 atom stereocenters. The van der Waals surface area contributed by atoms with Crippen molar-refractivity contribution in [3.05, 3.63) is 102 Å². The van der Waals surface area contributed by atoms with E-state index in [2.05, 4.69) is 97.9 Å². The Balaban J connectivity index is 1.51. The molecule has 0 spiro atoms. The van der Waals surface area contributed by atoms with Gasteiger partial charge in [-0.25, -0.2) is 0 Å². The third kappa shape index (κ3) is 2.74. The molecule has 2 unspecified atom stereocenters. The molecule has 6 rings (SSSR count). The monoisotopic (exact) mass is 408 g/mol. The average Bonchev–Trinajstić information content (AvgIpc) is 3.36. The standard InChI is InChI=1S/C27H20S2/c1-17-21-14-15-22-23(27(21)29-25(17)19-10-6-3-7-11-19)13-12-20-16-24(28-26(20)22)18-8-4-2-5-9-18/h2-17,25H,1H3. The Bertz CT molecular complexity index is 1330. The lowest BCUT2D eigenvalue weighted by molar-refractivity contribution is 0.753. The molecule has 1 aliphatic heterocycles. The first kappa shape index (κ1) is 17.3. The maximum Gasteiger partial charge on any atom is 0.0428 e. The van der Waals surface area contributed by atoms with Crippen LogP contribution in [0.5, 0.6) is 0 Å². The molecule has 29 heavy (non-hydrogen) atoms. The van der Waals surface area contributed by atoms with E-state index in [1.165, 1.54) is 47.3 Å². The normalized spacial score (nSPS) is 18.4. The summed E-state index contributed by atoms with van der Waals surface area (Å²) < 4.78 is 1.40. The molecule has 5 aromatic rings. The molecule has 2 heteroatoms. The Kier molecular flexibility index (Phi) is 4.04. The second kappa shape index (κ2) is 6.76. The van der Waals surface area contributed by atoms with E-state index in [9.17, 15) is 0 Å². The number of fused-ring (bicyclic) bond motifs is 5.